The maximum Gasteiger partial charge on any atom is 0.248 e. The number of rotatable bonds is 6. The average molecular weight is 380 g/mol. The molecule has 2 fully saturated rings. The normalized spacial score (nSPS) is 23.1. The Balaban J connectivity index is 1.57. The first-order chi connectivity index (χ1) is 13.0. The largest absolute Gasteiger partial charge is 0.396 e. The number of aliphatic hydroxyl groups is 1. The van der Waals surface area contributed by atoms with E-state index in [-0.39, 0.29) is 30.5 Å². The summed E-state index contributed by atoms with van der Waals surface area (Å²) < 4.78 is 10.6. The van der Waals surface area contributed by atoms with E-state index in [1.54, 1.807) is 0 Å². The number of hydrogen-bond donors (Lipinski definition) is 1. The summed E-state index contributed by atoms with van der Waals surface area (Å²) in [6, 6.07) is 0. The summed E-state index contributed by atoms with van der Waals surface area (Å²) in [7, 11) is 0. The minimum Gasteiger partial charge on any atom is -0.396 e. The standard InChI is InChI=1S/C20H33N3O4/c1-4-26-14-19(25)23-10-7-20(17(11-23)13-24)5-8-22(9-6-20)12-18-15(2)21-27-16(18)3/h17,24H,4-14H2,1-3H3/t17-/m1/s1. The lowest BCUT2D eigenvalue weighted by Gasteiger charge is -2.51. The van der Waals surface area contributed by atoms with Crippen LogP contribution in [-0.4, -0.2) is 72.0 Å². The maximum absolute atomic E-state index is 12.3. The minimum atomic E-state index is 0.0426. The molecule has 1 aromatic rings. The molecular formula is C20H33N3O4. The molecule has 2 saturated heterocycles. The van der Waals surface area contributed by atoms with Gasteiger partial charge in [-0.2, -0.15) is 0 Å². The highest BCUT2D eigenvalue weighted by Gasteiger charge is 2.45. The van der Waals surface area contributed by atoms with Gasteiger partial charge in [-0.15, -0.1) is 0 Å². The minimum absolute atomic E-state index is 0.0426. The lowest BCUT2D eigenvalue weighted by Crippen LogP contribution is -2.55. The molecule has 1 amide bonds. The molecule has 0 aliphatic carbocycles. The Morgan fingerprint density at radius 3 is 2.59 bits per heavy atom. The van der Waals surface area contributed by atoms with E-state index in [0.717, 1.165) is 56.9 Å². The lowest BCUT2D eigenvalue weighted by molar-refractivity contribution is -0.142. The van der Waals surface area contributed by atoms with Crippen molar-refractivity contribution in [3.05, 3.63) is 17.0 Å². The zero-order valence-electron chi connectivity index (χ0n) is 16.9. The SMILES string of the molecule is CCOCC(=O)N1CCC2(CCN(Cc3c(C)noc3C)CC2)[C@@H](CO)C1. The number of piperidine rings is 2. The van der Waals surface area contributed by atoms with Gasteiger partial charge in [0.2, 0.25) is 5.91 Å². The zero-order valence-corrected chi connectivity index (χ0v) is 16.9. The van der Waals surface area contributed by atoms with Gasteiger partial charge in [0, 0.05) is 44.3 Å². The number of nitrogens with zero attached hydrogens (tertiary/aromatic N) is 3. The molecule has 152 valence electrons. The molecule has 1 N–H and O–H groups in total. The Morgan fingerprint density at radius 1 is 1.30 bits per heavy atom. The third-order valence-electron chi connectivity index (χ3n) is 6.60. The molecule has 0 bridgehead atoms. The van der Waals surface area contributed by atoms with Crippen molar-refractivity contribution in [3.8, 4) is 0 Å². The molecule has 27 heavy (non-hydrogen) atoms. The number of aromatic nitrogens is 1. The molecule has 0 aromatic carbocycles. The predicted octanol–water partition coefficient (Wildman–Crippen LogP) is 1.75. The fraction of sp³-hybridized carbons (Fsp3) is 0.800. The van der Waals surface area contributed by atoms with Crippen molar-refractivity contribution in [2.75, 3.05) is 46.0 Å². The Hall–Kier alpha value is -1.44. The summed E-state index contributed by atoms with van der Waals surface area (Å²) >= 11 is 0. The molecule has 2 aliphatic heterocycles. The quantitative estimate of drug-likeness (QED) is 0.811. The third-order valence-corrected chi connectivity index (χ3v) is 6.60. The molecule has 3 heterocycles. The number of amides is 1. The van der Waals surface area contributed by atoms with Gasteiger partial charge >= 0.3 is 0 Å². The van der Waals surface area contributed by atoms with Crippen LogP contribution in [0.15, 0.2) is 4.52 Å². The Bertz CT molecular complexity index is 618. The second-order valence-corrected chi connectivity index (χ2v) is 8.05. The Labute approximate surface area is 161 Å². The topological polar surface area (TPSA) is 79.0 Å². The van der Waals surface area contributed by atoms with Crippen LogP contribution in [0.3, 0.4) is 0 Å². The molecule has 2 aliphatic rings. The van der Waals surface area contributed by atoms with E-state index in [1.807, 2.05) is 25.7 Å². The van der Waals surface area contributed by atoms with E-state index in [4.69, 9.17) is 9.26 Å². The highest BCUT2D eigenvalue weighted by atomic mass is 16.5. The molecule has 0 unspecified atom stereocenters. The average Bonchev–Trinajstić information content (AvgIpc) is 3.00. The van der Waals surface area contributed by atoms with Gasteiger partial charge in [-0.1, -0.05) is 5.16 Å². The fourth-order valence-corrected chi connectivity index (χ4v) is 4.64. The number of carbonyl (C=O) groups is 1. The summed E-state index contributed by atoms with van der Waals surface area (Å²) in [6.07, 6.45) is 3.10. The number of hydrogen-bond acceptors (Lipinski definition) is 6. The Kier molecular flexibility index (Phi) is 6.55. The van der Waals surface area contributed by atoms with Gasteiger partial charge in [0.05, 0.1) is 5.69 Å². The van der Waals surface area contributed by atoms with Crippen LogP contribution in [0.1, 0.15) is 43.2 Å². The van der Waals surface area contributed by atoms with Crippen LogP contribution in [0.25, 0.3) is 0 Å². The summed E-state index contributed by atoms with van der Waals surface area (Å²) in [5, 5.41) is 14.1. The van der Waals surface area contributed by atoms with E-state index in [2.05, 4.69) is 10.1 Å². The van der Waals surface area contributed by atoms with Gasteiger partial charge in [0.1, 0.15) is 12.4 Å². The number of aliphatic hydroxyl groups excluding tert-OH is 1. The van der Waals surface area contributed by atoms with Crippen LogP contribution in [0.5, 0.6) is 0 Å². The first-order valence-corrected chi connectivity index (χ1v) is 10.1. The van der Waals surface area contributed by atoms with Gasteiger partial charge in [-0.25, -0.2) is 0 Å². The fourth-order valence-electron chi connectivity index (χ4n) is 4.64. The molecule has 1 spiro atoms. The van der Waals surface area contributed by atoms with Crippen LogP contribution >= 0.6 is 0 Å². The van der Waals surface area contributed by atoms with Gasteiger partial charge in [0.25, 0.3) is 0 Å². The zero-order chi connectivity index (χ0) is 19.4. The number of aryl methyl sites for hydroxylation is 2. The van der Waals surface area contributed by atoms with Crippen molar-refractivity contribution >= 4 is 5.91 Å². The molecule has 7 nitrogen and oxygen atoms in total. The van der Waals surface area contributed by atoms with Crippen LogP contribution in [0.4, 0.5) is 0 Å². The second-order valence-electron chi connectivity index (χ2n) is 8.05. The van der Waals surface area contributed by atoms with E-state index in [9.17, 15) is 9.90 Å². The number of ether oxygens (including phenoxy) is 1. The molecule has 1 atom stereocenters. The van der Waals surface area contributed by atoms with Gasteiger partial charge in [0.15, 0.2) is 0 Å². The lowest BCUT2D eigenvalue weighted by atomic mass is 9.64. The van der Waals surface area contributed by atoms with Crippen molar-refractivity contribution in [3.63, 3.8) is 0 Å². The number of likely N-dealkylation sites (tertiary alicyclic amines) is 2. The number of carbonyl (C=O) groups excluding carboxylic acids is 1. The van der Waals surface area contributed by atoms with Crippen molar-refractivity contribution in [2.24, 2.45) is 11.3 Å². The molecular weight excluding hydrogens is 346 g/mol. The summed E-state index contributed by atoms with van der Waals surface area (Å²) in [5.74, 6) is 1.10. The third kappa shape index (κ3) is 4.36. The van der Waals surface area contributed by atoms with Crippen LogP contribution in [0, 0.1) is 25.2 Å². The first kappa shape index (κ1) is 20.3. The van der Waals surface area contributed by atoms with E-state index in [0.29, 0.717) is 13.2 Å². The van der Waals surface area contributed by atoms with Crippen LogP contribution in [-0.2, 0) is 16.1 Å². The summed E-state index contributed by atoms with van der Waals surface area (Å²) in [5.41, 5.74) is 2.31. The van der Waals surface area contributed by atoms with Crippen molar-refractivity contribution in [1.82, 2.24) is 15.0 Å². The Morgan fingerprint density at radius 2 is 2.00 bits per heavy atom. The first-order valence-electron chi connectivity index (χ1n) is 10.1. The summed E-state index contributed by atoms with van der Waals surface area (Å²) in [6.45, 7) is 11.0. The van der Waals surface area contributed by atoms with Crippen LogP contribution in [0.2, 0.25) is 0 Å². The van der Waals surface area contributed by atoms with Crippen molar-refractivity contribution < 1.29 is 19.2 Å². The maximum atomic E-state index is 12.3. The van der Waals surface area contributed by atoms with Crippen LogP contribution < -0.4 is 0 Å². The molecule has 1 aromatic heterocycles. The molecule has 7 heteroatoms. The van der Waals surface area contributed by atoms with E-state index < -0.39 is 0 Å². The second kappa shape index (κ2) is 8.71. The smallest absolute Gasteiger partial charge is 0.248 e. The summed E-state index contributed by atoms with van der Waals surface area (Å²) in [4.78, 5) is 16.6. The monoisotopic (exact) mass is 379 g/mol. The highest BCUT2D eigenvalue weighted by Crippen LogP contribution is 2.45. The van der Waals surface area contributed by atoms with Crippen molar-refractivity contribution in [2.45, 2.75) is 46.6 Å². The van der Waals surface area contributed by atoms with E-state index >= 15 is 0 Å². The molecule has 0 radical (unpaired) electrons. The predicted molar refractivity (Wildman–Crippen MR) is 101 cm³/mol. The molecule has 0 saturated carbocycles. The van der Waals surface area contributed by atoms with Gasteiger partial charge < -0.3 is 19.3 Å². The van der Waals surface area contributed by atoms with Crippen molar-refractivity contribution in [1.29, 1.82) is 0 Å². The van der Waals surface area contributed by atoms with Gasteiger partial charge in [-0.05, 0) is 58.5 Å². The highest BCUT2D eigenvalue weighted by molar-refractivity contribution is 5.77. The van der Waals surface area contributed by atoms with E-state index in [1.165, 1.54) is 5.56 Å². The molecule has 3 rings (SSSR count). The van der Waals surface area contributed by atoms with Gasteiger partial charge in [-0.3, -0.25) is 9.69 Å².